The van der Waals surface area contributed by atoms with Crippen molar-refractivity contribution in [1.29, 1.82) is 0 Å². The first-order chi connectivity index (χ1) is 10.8. The molecule has 0 unspecified atom stereocenters. The summed E-state index contributed by atoms with van der Waals surface area (Å²) in [5.41, 5.74) is 2.29. The van der Waals surface area contributed by atoms with Gasteiger partial charge in [0.2, 0.25) is 0 Å². The predicted molar refractivity (Wildman–Crippen MR) is 94.4 cm³/mol. The van der Waals surface area contributed by atoms with E-state index < -0.39 is 0 Å². The highest BCUT2D eigenvalue weighted by Gasteiger charge is 2.00. The summed E-state index contributed by atoms with van der Waals surface area (Å²) in [6.45, 7) is 0.778. The van der Waals surface area contributed by atoms with E-state index in [0.717, 1.165) is 28.2 Å². The van der Waals surface area contributed by atoms with Crippen molar-refractivity contribution < 1.29 is 4.74 Å². The first kappa shape index (κ1) is 14.7. The molecule has 2 nitrogen and oxygen atoms in total. The summed E-state index contributed by atoms with van der Waals surface area (Å²) in [5, 5.41) is 3.41. The summed E-state index contributed by atoms with van der Waals surface area (Å²) in [6.07, 6.45) is 0. The van der Waals surface area contributed by atoms with E-state index in [-0.39, 0.29) is 0 Å². The van der Waals surface area contributed by atoms with Gasteiger partial charge in [-0.2, -0.15) is 0 Å². The largest absolute Gasteiger partial charge is 0.457 e. The van der Waals surface area contributed by atoms with Gasteiger partial charge in [0.05, 0.1) is 0 Å². The van der Waals surface area contributed by atoms with E-state index in [1.807, 2.05) is 72.8 Å². The highest BCUT2D eigenvalue weighted by atomic mass is 79.9. The van der Waals surface area contributed by atoms with Gasteiger partial charge in [-0.1, -0.05) is 52.3 Å². The van der Waals surface area contributed by atoms with Crippen molar-refractivity contribution in [2.24, 2.45) is 0 Å². The van der Waals surface area contributed by atoms with Crippen LogP contribution < -0.4 is 10.1 Å². The van der Waals surface area contributed by atoms with Crippen LogP contribution >= 0.6 is 15.9 Å². The molecule has 0 bridgehead atoms. The molecular formula is C19H16BrNO. The van der Waals surface area contributed by atoms with E-state index in [1.54, 1.807) is 0 Å². The highest BCUT2D eigenvalue weighted by Crippen LogP contribution is 2.23. The zero-order valence-corrected chi connectivity index (χ0v) is 13.6. The van der Waals surface area contributed by atoms with Crippen LogP contribution in [-0.4, -0.2) is 0 Å². The molecule has 3 aromatic carbocycles. The smallest absolute Gasteiger partial charge is 0.127 e. The Morgan fingerprint density at radius 2 is 1.36 bits per heavy atom. The fraction of sp³-hybridized carbons (Fsp3) is 0.0526. The van der Waals surface area contributed by atoms with Crippen molar-refractivity contribution in [2.75, 3.05) is 5.32 Å². The van der Waals surface area contributed by atoms with Gasteiger partial charge in [-0.05, 0) is 48.0 Å². The van der Waals surface area contributed by atoms with Gasteiger partial charge in [0, 0.05) is 16.7 Å². The summed E-state index contributed by atoms with van der Waals surface area (Å²) in [6, 6.07) is 26.0. The van der Waals surface area contributed by atoms with Gasteiger partial charge in [-0.15, -0.1) is 0 Å². The summed E-state index contributed by atoms with van der Waals surface area (Å²) in [7, 11) is 0. The van der Waals surface area contributed by atoms with Crippen LogP contribution in [0.5, 0.6) is 11.5 Å². The molecular weight excluding hydrogens is 338 g/mol. The second kappa shape index (κ2) is 7.14. The molecule has 0 fully saturated rings. The van der Waals surface area contributed by atoms with Crippen molar-refractivity contribution in [3.63, 3.8) is 0 Å². The molecule has 0 amide bonds. The van der Waals surface area contributed by atoms with E-state index in [0.29, 0.717) is 0 Å². The molecule has 3 rings (SSSR count). The van der Waals surface area contributed by atoms with E-state index in [4.69, 9.17) is 4.74 Å². The van der Waals surface area contributed by atoms with Crippen molar-refractivity contribution in [3.8, 4) is 11.5 Å². The van der Waals surface area contributed by atoms with Crippen molar-refractivity contribution in [2.45, 2.75) is 6.54 Å². The lowest BCUT2D eigenvalue weighted by molar-refractivity contribution is 0.483. The summed E-state index contributed by atoms with van der Waals surface area (Å²) < 4.78 is 6.90. The van der Waals surface area contributed by atoms with E-state index >= 15 is 0 Å². The molecule has 0 spiro atoms. The number of halogens is 1. The van der Waals surface area contributed by atoms with Crippen molar-refractivity contribution in [1.82, 2.24) is 0 Å². The molecule has 1 N–H and O–H groups in total. The van der Waals surface area contributed by atoms with Gasteiger partial charge in [-0.25, -0.2) is 0 Å². The lowest BCUT2D eigenvalue weighted by atomic mass is 10.2. The van der Waals surface area contributed by atoms with E-state index in [2.05, 4.69) is 27.3 Å². The Bertz CT molecular complexity index is 726. The number of para-hydroxylation sites is 1. The molecule has 0 aliphatic rings. The third kappa shape index (κ3) is 3.89. The van der Waals surface area contributed by atoms with Crippen LogP contribution in [0.25, 0.3) is 0 Å². The number of hydrogen-bond acceptors (Lipinski definition) is 2. The van der Waals surface area contributed by atoms with Gasteiger partial charge in [0.1, 0.15) is 11.5 Å². The lowest BCUT2D eigenvalue weighted by Gasteiger charge is -2.10. The highest BCUT2D eigenvalue weighted by molar-refractivity contribution is 9.10. The Labute approximate surface area is 138 Å². The zero-order chi connectivity index (χ0) is 15.2. The van der Waals surface area contributed by atoms with E-state index in [9.17, 15) is 0 Å². The average molecular weight is 354 g/mol. The van der Waals surface area contributed by atoms with Crippen LogP contribution in [0.2, 0.25) is 0 Å². The zero-order valence-electron chi connectivity index (χ0n) is 12.0. The average Bonchev–Trinajstić information content (AvgIpc) is 2.56. The van der Waals surface area contributed by atoms with Gasteiger partial charge in [-0.3, -0.25) is 0 Å². The molecule has 0 saturated carbocycles. The van der Waals surface area contributed by atoms with Crippen LogP contribution in [0.1, 0.15) is 5.56 Å². The molecule has 3 heteroatoms. The molecule has 0 aliphatic heterocycles. The minimum Gasteiger partial charge on any atom is -0.457 e. The van der Waals surface area contributed by atoms with Crippen LogP contribution in [-0.2, 0) is 6.54 Å². The molecule has 0 aromatic heterocycles. The SMILES string of the molecule is Brc1ccccc1CNc1ccc(Oc2ccccc2)cc1. The lowest BCUT2D eigenvalue weighted by Crippen LogP contribution is -1.99. The second-order valence-electron chi connectivity index (χ2n) is 4.88. The number of nitrogens with one attached hydrogen (secondary N) is 1. The number of anilines is 1. The summed E-state index contributed by atoms with van der Waals surface area (Å²) >= 11 is 3.56. The van der Waals surface area contributed by atoms with Crippen LogP contribution in [0.3, 0.4) is 0 Å². The number of ether oxygens (including phenoxy) is 1. The quantitative estimate of drug-likeness (QED) is 0.620. The second-order valence-corrected chi connectivity index (χ2v) is 5.74. The first-order valence-electron chi connectivity index (χ1n) is 7.11. The third-order valence-electron chi connectivity index (χ3n) is 3.27. The molecule has 0 radical (unpaired) electrons. The molecule has 22 heavy (non-hydrogen) atoms. The van der Waals surface area contributed by atoms with Crippen molar-refractivity contribution >= 4 is 21.6 Å². The maximum atomic E-state index is 5.78. The van der Waals surface area contributed by atoms with Gasteiger partial charge in [0.25, 0.3) is 0 Å². The minimum absolute atomic E-state index is 0.778. The van der Waals surface area contributed by atoms with Crippen LogP contribution in [0.15, 0.2) is 83.3 Å². The normalized spacial score (nSPS) is 10.2. The maximum absolute atomic E-state index is 5.78. The van der Waals surface area contributed by atoms with Crippen LogP contribution in [0, 0.1) is 0 Å². The summed E-state index contributed by atoms with van der Waals surface area (Å²) in [4.78, 5) is 0. The standard InChI is InChI=1S/C19H16BrNO/c20-19-9-5-4-6-15(19)14-21-16-10-12-18(13-11-16)22-17-7-2-1-3-8-17/h1-13,21H,14H2. The Balaban J connectivity index is 1.61. The Morgan fingerprint density at radius 1 is 0.727 bits per heavy atom. The molecule has 0 aliphatic carbocycles. The molecule has 3 aromatic rings. The molecule has 0 saturated heterocycles. The maximum Gasteiger partial charge on any atom is 0.127 e. The number of rotatable bonds is 5. The predicted octanol–water partition coefficient (Wildman–Crippen LogP) is 5.85. The number of benzene rings is 3. The molecule has 0 heterocycles. The number of hydrogen-bond donors (Lipinski definition) is 1. The first-order valence-corrected chi connectivity index (χ1v) is 7.91. The van der Waals surface area contributed by atoms with Gasteiger partial charge < -0.3 is 10.1 Å². The molecule has 0 atom stereocenters. The molecule has 110 valence electrons. The summed E-state index contributed by atoms with van der Waals surface area (Å²) in [5.74, 6) is 1.68. The Morgan fingerprint density at radius 3 is 2.09 bits per heavy atom. The third-order valence-corrected chi connectivity index (χ3v) is 4.05. The fourth-order valence-corrected chi connectivity index (χ4v) is 2.53. The van der Waals surface area contributed by atoms with Gasteiger partial charge >= 0.3 is 0 Å². The topological polar surface area (TPSA) is 21.3 Å². The fourth-order valence-electron chi connectivity index (χ4n) is 2.10. The minimum atomic E-state index is 0.778. The Kier molecular flexibility index (Phi) is 4.76. The van der Waals surface area contributed by atoms with Crippen molar-refractivity contribution in [3.05, 3.63) is 88.9 Å². The Hall–Kier alpha value is -2.26. The monoisotopic (exact) mass is 353 g/mol. The van der Waals surface area contributed by atoms with Crippen LogP contribution in [0.4, 0.5) is 5.69 Å². The van der Waals surface area contributed by atoms with Gasteiger partial charge in [0.15, 0.2) is 0 Å². The van der Waals surface area contributed by atoms with E-state index in [1.165, 1.54) is 5.56 Å².